The molecular weight excluding hydrogens is 374 g/mol. The van der Waals surface area contributed by atoms with E-state index in [4.69, 9.17) is 0 Å². The molecular formula is C21H16BrN3. The number of fused-ring (bicyclic) bond motifs is 4. The molecule has 4 aromatic rings. The minimum absolute atomic E-state index is 0.0102. The summed E-state index contributed by atoms with van der Waals surface area (Å²) in [6.07, 6.45) is 1.93. The average Bonchev–Trinajstić information content (AvgIpc) is 3.13. The van der Waals surface area contributed by atoms with Crippen molar-refractivity contribution in [2.75, 3.05) is 0 Å². The van der Waals surface area contributed by atoms with E-state index < -0.39 is 0 Å². The molecule has 2 aromatic heterocycles. The van der Waals surface area contributed by atoms with Crippen molar-refractivity contribution in [3.8, 4) is 22.5 Å². The van der Waals surface area contributed by atoms with E-state index in [2.05, 4.69) is 76.3 Å². The SMILES string of the molecule is CC1(C)c2ccc(Br)cc2-c2cc(-c3nc4ccccn4n3)ccc21. The van der Waals surface area contributed by atoms with Crippen LogP contribution in [0.15, 0.2) is 65.3 Å². The molecule has 0 spiro atoms. The van der Waals surface area contributed by atoms with Crippen LogP contribution in [0.2, 0.25) is 0 Å². The fourth-order valence-corrected chi connectivity index (χ4v) is 4.20. The number of aromatic nitrogens is 3. The normalized spacial score (nSPS) is 14.5. The summed E-state index contributed by atoms with van der Waals surface area (Å²) in [5.74, 6) is 0.759. The molecule has 0 bridgehead atoms. The van der Waals surface area contributed by atoms with E-state index in [1.54, 1.807) is 0 Å². The molecule has 122 valence electrons. The van der Waals surface area contributed by atoms with E-state index in [9.17, 15) is 0 Å². The van der Waals surface area contributed by atoms with E-state index in [1.807, 2.05) is 28.9 Å². The summed E-state index contributed by atoms with van der Waals surface area (Å²) in [6, 6.07) is 19.1. The molecule has 1 aliphatic carbocycles. The Kier molecular flexibility index (Phi) is 2.98. The standard InChI is InChI=1S/C21H16BrN3/c1-21(2)17-8-6-13(20-23-19-5-3-4-10-25(19)24-20)11-15(17)16-12-14(22)7-9-18(16)21/h3-12H,1-2H3. The highest BCUT2D eigenvalue weighted by atomic mass is 79.9. The van der Waals surface area contributed by atoms with Crippen LogP contribution in [0, 0.1) is 0 Å². The van der Waals surface area contributed by atoms with Gasteiger partial charge in [-0.3, -0.25) is 0 Å². The highest BCUT2D eigenvalue weighted by molar-refractivity contribution is 9.10. The second-order valence-electron chi connectivity index (χ2n) is 7.01. The van der Waals surface area contributed by atoms with Crippen LogP contribution in [0.25, 0.3) is 28.2 Å². The summed E-state index contributed by atoms with van der Waals surface area (Å²) < 4.78 is 2.92. The Hall–Kier alpha value is -2.46. The lowest BCUT2D eigenvalue weighted by Crippen LogP contribution is -2.14. The summed E-state index contributed by atoms with van der Waals surface area (Å²) in [5.41, 5.74) is 7.21. The Bertz CT molecular complexity index is 1110. The maximum atomic E-state index is 4.66. The van der Waals surface area contributed by atoms with Gasteiger partial charge in [0, 0.05) is 21.6 Å². The lowest BCUT2D eigenvalue weighted by molar-refractivity contribution is 0.660. The minimum Gasteiger partial charge on any atom is -0.221 e. The van der Waals surface area contributed by atoms with Gasteiger partial charge in [-0.2, -0.15) is 0 Å². The molecule has 0 fully saturated rings. The summed E-state index contributed by atoms with van der Waals surface area (Å²) in [6.45, 7) is 4.57. The zero-order valence-corrected chi connectivity index (χ0v) is 15.6. The molecule has 0 atom stereocenters. The largest absolute Gasteiger partial charge is 0.221 e. The van der Waals surface area contributed by atoms with Crippen molar-refractivity contribution in [1.29, 1.82) is 0 Å². The van der Waals surface area contributed by atoms with Crippen molar-refractivity contribution in [1.82, 2.24) is 14.6 Å². The Balaban J connectivity index is 1.73. The van der Waals surface area contributed by atoms with Gasteiger partial charge in [0.25, 0.3) is 0 Å². The number of hydrogen-bond donors (Lipinski definition) is 0. The molecule has 2 aromatic carbocycles. The second-order valence-corrected chi connectivity index (χ2v) is 7.93. The Morgan fingerprint density at radius 2 is 1.68 bits per heavy atom. The molecule has 2 heterocycles. The molecule has 5 rings (SSSR count). The van der Waals surface area contributed by atoms with Crippen LogP contribution in [-0.4, -0.2) is 14.6 Å². The Morgan fingerprint density at radius 3 is 2.48 bits per heavy atom. The van der Waals surface area contributed by atoms with Crippen molar-refractivity contribution < 1.29 is 0 Å². The molecule has 4 heteroatoms. The fraction of sp³-hybridized carbons (Fsp3) is 0.143. The van der Waals surface area contributed by atoms with E-state index in [0.717, 1.165) is 21.5 Å². The van der Waals surface area contributed by atoms with Gasteiger partial charge in [0.1, 0.15) is 0 Å². The van der Waals surface area contributed by atoms with Gasteiger partial charge in [0.05, 0.1) is 0 Å². The second kappa shape index (κ2) is 5.02. The van der Waals surface area contributed by atoms with Gasteiger partial charge in [-0.05, 0) is 52.6 Å². The minimum atomic E-state index is 0.0102. The van der Waals surface area contributed by atoms with Crippen molar-refractivity contribution >= 4 is 21.6 Å². The fourth-order valence-electron chi connectivity index (χ4n) is 3.83. The highest BCUT2D eigenvalue weighted by Gasteiger charge is 2.35. The number of halogens is 1. The van der Waals surface area contributed by atoms with Gasteiger partial charge in [0.2, 0.25) is 0 Å². The lowest BCUT2D eigenvalue weighted by atomic mass is 9.82. The van der Waals surface area contributed by atoms with Gasteiger partial charge in [0.15, 0.2) is 11.5 Å². The summed E-state index contributed by atoms with van der Waals surface area (Å²) in [4.78, 5) is 4.66. The monoisotopic (exact) mass is 389 g/mol. The van der Waals surface area contributed by atoms with E-state index >= 15 is 0 Å². The van der Waals surface area contributed by atoms with Crippen molar-refractivity contribution in [3.05, 3.63) is 76.4 Å². The average molecular weight is 390 g/mol. The van der Waals surface area contributed by atoms with Crippen molar-refractivity contribution in [3.63, 3.8) is 0 Å². The van der Waals surface area contributed by atoms with Crippen LogP contribution < -0.4 is 0 Å². The van der Waals surface area contributed by atoms with Gasteiger partial charge in [-0.1, -0.05) is 54.0 Å². The van der Waals surface area contributed by atoms with Crippen LogP contribution >= 0.6 is 15.9 Å². The number of benzene rings is 2. The molecule has 1 aliphatic rings. The number of pyridine rings is 1. The molecule has 0 amide bonds. The van der Waals surface area contributed by atoms with Gasteiger partial charge in [-0.25, -0.2) is 9.50 Å². The number of hydrogen-bond acceptors (Lipinski definition) is 2. The zero-order valence-electron chi connectivity index (χ0n) is 14.0. The smallest absolute Gasteiger partial charge is 0.182 e. The highest BCUT2D eigenvalue weighted by Crippen LogP contribution is 2.50. The predicted molar refractivity (Wildman–Crippen MR) is 104 cm³/mol. The van der Waals surface area contributed by atoms with Crippen LogP contribution in [0.1, 0.15) is 25.0 Å². The molecule has 0 aliphatic heterocycles. The van der Waals surface area contributed by atoms with Gasteiger partial charge in [-0.15, -0.1) is 5.10 Å². The first-order chi connectivity index (χ1) is 12.0. The Labute approximate surface area is 154 Å². The molecule has 0 radical (unpaired) electrons. The number of nitrogens with zero attached hydrogens (tertiary/aromatic N) is 3. The summed E-state index contributed by atoms with van der Waals surface area (Å²) in [7, 11) is 0. The Morgan fingerprint density at radius 1 is 0.920 bits per heavy atom. The van der Waals surface area contributed by atoms with Gasteiger partial charge >= 0.3 is 0 Å². The predicted octanol–water partition coefficient (Wildman–Crippen LogP) is 5.47. The molecule has 0 unspecified atom stereocenters. The molecule has 0 saturated heterocycles. The van der Waals surface area contributed by atoms with E-state index in [1.165, 1.54) is 22.3 Å². The zero-order chi connectivity index (χ0) is 17.2. The van der Waals surface area contributed by atoms with E-state index in [0.29, 0.717) is 0 Å². The van der Waals surface area contributed by atoms with Crippen LogP contribution in [-0.2, 0) is 5.41 Å². The first kappa shape index (κ1) is 14.8. The summed E-state index contributed by atoms with van der Waals surface area (Å²) >= 11 is 3.61. The molecule has 3 nitrogen and oxygen atoms in total. The van der Waals surface area contributed by atoms with Crippen molar-refractivity contribution in [2.24, 2.45) is 0 Å². The molecule has 0 N–H and O–H groups in total. The third kappa shape index (κ3) is 2.10. The van der Waals surface area contributed by atoms with Crippen LogP contribution in [0.4, 0.5) is 0 Å². The number of rotatable bonds is 1. The summed E-state index contributed by atoms with van der Waals surface area (Å²) in [5, 5.41) is 4.61. The lowest BCUT2D eigenvalue weighted by Gasteiger charge is -2.21. The first-order valence-corrected chi connectivity index (χ1v) is 9.10. The van der Waals surface area contributed by atoms with Crippen molar-refractivity contribution in [2.45, 2.75) is 19.3 Å². The third-order valence-electron chi connectivity index (χ3n) is 5.14. The first-order valence-electron chi connectivity index (χ1n) is 8.31. The maximum absolute atomic E-state index is 4.66. The van der Waals surface area contributed by atoms with Gasteiger partial charge < -0.3 is 0 Å². The van der Waals surface area contributed by atoms with E-state index in [-0.39, 0.29) is 5.41 Å². The third-order valence-corrected chi connectivity index (χ3v) is 5.63. The quantitative estimate of drug-likeness (QED) is 0.432. The molecule has 25 heavy (non-hydrogen) atoms. The maximum Gasteiger partial charge on any atom is 0.182 e. The topological polar surface area (TPSA) is 30.2 Å². The molecule has 0 saturated carbocycles. The van der Waals surface area contributed by atoms with Crippen LogP contribution in [0.5, 0.6) is 0 Å². The van der Waals surface area contributed by atoms with Crippen LogP contribution in [0.3, 0.4) is 0 Å².